The van der Waals surface area contributed by atoms with Crippen LogP contribution in [0.5, 0.6) is 0 Å². The predicted molar refractivity (Wildman–Crippen MR) is 92.5 cm³/mol. The number of aromatic amines is 1. The Hall–Kier alpha value is -1.88. The van der Waals surface area contributed by atoms with Crippen LogP contribution in [0.2, 0.25) is 0 Å². The van der Waals surface area contributed by atoms with Crippen LogP contribution in [0.3, 0.4) is 0 Å². The van der Waals surface area contributed by atoms with Crippen molar-refractivity contribution in [3.8, 4) is 0 Å². The van der Waals surface area contributed by atoms with Gasteiger partial charge in [0.25, 0.3) is 0 Å². The molecule has 0 radical (unpaired) electrons. The smallest absolute Gasteiger partial charge is 0.223 e. The Bertz CT molecular complexity index is 708. The first-order valence-corrected chi connectivity index (χ1v) is 9.06. The second-order valence-corrected chi connectivity index (χ2v) is 7.39. The Balaban J connectivity index is 1.39. The van der Waals surface area contributed by atoms with Gasteiger partial charge in [-0.1, -0.05) is 18.6 Å². The second kappa shape index (κ2) is 6.20. The van der Waals surface area contributed by atoms with Gasteiger partial charge in [0.15, 0.2) is 0 Å². The average Bonchev–Trinajstić information content (AvgIpc) is 3.16. The molecule has 1 spiro atoms. The number of rotatable bonds is 3. The van der Waals surface area contributed by atoms with Gasteiger partial charge in [-0.15, -0.1) is 0 Å². The van der Waals surface area contributed by atoms with Crippen LogP contribution >= 0.6 is 0 Å². The second-order valence-electron chi connectivity index (χ2n) is 7.39. The van der Waals surface area contributed by atoms with E-state index in [2.05, 4.69) is 9.97 Å². The molecular weight excluding hydrogens is 302 g/mol. The normalized spacial score (nSPS) is 27.2. The van der Waals surface area contributed by atoms with E-state index >= 15 is 0 Å². The van der Waals surface area contributed by atoms with Crippen molar-refractivity contribution in [3.63, 3.8) is 0 Å². The van der Waals surface area contributed by atoms with Crippen LogP contribution in [0.15, 0.2) is 24.3 Å². The molecule has 1 saturated heterocycles. The van der Waals surface area contributed by atoms with Gasteiger partial charge in [0.2, 0.25) is 5.91 Å². The number of hydrogen-bond donors (Lipinski definition) is 2. The molecule has 0 bridgehead atoms. The zero-order chi connectivity index (χ0) is 16.6. The number of likely N-dealkylation sites (tertiary alicyclic amines) is 1. The minimum Gasteiger partial charge on any atom is -0.392 e. The number of nitrogens with zero attached hydrogens (tertiary/aromatic N) is 2. The van der Waals surface area contributed by atoms with E-state index in [-0.39, 0.29) is 17.4 Å². The van der Waals surface area contributed by atoms with Crippen LogP contribution in [-0.4, -0.2) is 45.1 Å². The molecule has 2 N–H and O–H groups in total. The number of carbonyl (C=O) groups is 1. The molecule has 1 aromatic carbocycles. The first-order valence-electron chi connectivity index (χ1n) is 9.06. The van der Waals surface area contributed by atoms with Gasteiger partial charge in [0.05, 0.1) is 17.1 Å². The third-order valence-electron chi connectivity index (χ3n) is 5.83. The number of H-pyrrole nitrogens is 1. The van der Waals surface area contributed by atoms with Crippen molar-refractivity contribution >= 4 is 16.9 Å². The standard InChI is InChI=1S/C19H25N3O2/c23-16-7-3-10-19(16)11-4-12-22(13-19)18(24)9-8-17-20-14-5-1-2-6-15(14)21-17/h1-2,5-6,16,23H,3-4,7-13H2,(H,20,21)/t16-,19-/m1/s1. The molecule has 2 aliphatic rings. The molecular formula is C19H25N3O2. The lowest BCUT2D eigenvalue weighted by molar-refractivity contribution is -0.136. The number of nitrogens with one attached hydrogen (secondary N) is 1. The van der Waals surface area contributed by atoms with Crippen molar-refractivity contribution < 1.29 is 9.90 Å². The first kappa shape index (κ1) is 15.6. The molecule has 1 amide bonds. The summed E-state index contributed by atoms with van der Waals surface area (Å²) in [4.78, 5) is 22.4. The molecule has 5 nitrogen and oxygen atoms in total. The van der Waals surface area contributed by atoms with Gasteiger partial charge in [-0.25, -0.2) is 4.98 Å². The number of carbonyl (C=O) groups excluding carboxylic acids is 1. The first-order chi connectivity index (χ1) is 11.7. The van der Waals surface area contributed by atoms with Gasteiger partial charge in [0.1, 0.15) is 5.82 Å². The summed E-state index contributed by atoms with van der Waals surface area (Å²) in [6.07, 6.45) is 5.98. The molecule has 5 heteroatoms. The Kier molecular flexibility index (Phi) is 4.04. The lowest BCUT2D eigenvalue weighted by Crippen LogP contribution is -2.49. The van der Waals surface area contributed by atoms with E-state index in [1.165, 1.54) is 0 Å². The lowest BCUT2D eigenvalue weighted by atomic mass is 9.76. The highest BCUT2D eigenvalue weighted by atomic mass is 16.3. The van der Waals surface area contributed by atoms with Gasteiger partial charge < -0.3 is 15.0 Å². The number of benzene rings is 1. The summed E-state index contributed by atoms with van der Waals surface area (Å²) < 4.78 is 0. The van der Waals surface area contributed by atoms with Crippen molar-refractivity contribution in [2.45, 2.75) is 51.0 Å². The number of aromatic nitrogens is 2. The molecule has 1 saturated carbocycles. The van der Waals surface area contributed by atoms with Crippen molar-refractivity contribution in [1.82, 2.24) is 14.9 Å². The van der Waals surface area contributed by atoms with Crippen LogP contribution in [0.4, 0.5) is 0 Å². The fourth-order valence-corrected chi connectivity index (χ4v) is 4.48. The third kappa shape index (κ3) is 2.81. The molecule has 2 aromatic rings. The van der Waals surface area contributed by atoms with Crippen LogP contribution in [0, 0.1) is 5.41 Å². The molecule has 2 heterocycles. The van der Waals surface area contributed by atoms with Crippen molar-refractivity contribution in [3.05, 3.63) is 30.1 Å². The maximum absolute atomic E-state index is 12.6. The molecule has 0 unspecified atom stereocenters. The summed E-state index contributed by atoms with van der Waals surface area (Å²) in [6, 6.07) is 7.93. The molecule has 1 aromatic heterocycles. The number of piperidine rings is 1. The van der Waals surface area contributed by atoms with E-state index < -0.39 is 0 Å². The molecule has 1 aliphatic carbocycles. The number of aryl methyl sites for hydroxylation is 1. The van der Waals surface area contributed by atoms with E-state index in [1.807, 2.05) is 29.2 Å². The zero-order valence-corrected chi connectivity index (χ0v) is 14.0. The Labute approximate surface area is 142 Å². The Morgan fingerprint density at radius 3 is 2.96 bits per heavy atom. The number of hydrogen-bond acceptors (Lipinski definition) is 3. The van der Waals surface area contributed by atoms with Crippen molar-refractivity contribution in [2.75, 3.05) is 13.1 Å². The Morgan fingerprint density at radius 1 is 1.33 bits per heavy atom. The largest absolute Gasteiger partial charge is 0.392 e. The number of aliphatic hydroxyl groups is 1. The molecule has 24 heavy (non-hydrogen) atoms. The summed E-state index contributed by atoms with van der Waals surface area (Å²) >= 11 is 0. The summed E-state index contributed by atoms with van der Waals surface area (Å²) in [6.45, 7) is 1.56. The van der Waals surface area contributed by atoms with Crippen LogP contribution in [0.1, 0.15) is 44.3 Å². The van der Waals surface area contributed by atoms with Gasteiger partial charge in [0, 0.05) is 31.3 Å². The average molecular weight is 327 g/mol. The zero-order valence-electron chi connectivity index (χ0n) is 14.0. The SMILES string of the molecule is O=C(CCc1nc2ccccc2[nH]1)N1CCC[C@]2(CCC[C@H]2O)C1. The molecule has 2 atom stereocenters. The van der Waals surface area contributed by atoms with Crippen molar-refractivity contribution in [2.24, 2.45) is 5.41 Å². The number of fused-ring (bicyclic) bond motifs is 1. The van der Waals surface area contributed by atoms with E-state index in [0.29, 0.717) is 12.8 Å². The highest BCUT2D eigenvalue weighted by molar-refractivity contribution is 5.77. The van der Waals surface area contributed by atoms with Gasteiger partial charge in [-0.3, -0.25) is 4.79 Å². The minimum absolute atomic E-state index is 0.0345. The van der Waals surface area contributed by atoms with E-state index in [1.54, 1.807) is 0 Å². The summed E-state index contributed by atoms with van der Waals surface area (Å²) in [7, 11) is 0. The van der Waals surface area contributed by atoms with Crippen LogP contribution < -0.4 is 0 Å². The van der Waals surface area contributed by atoms with Gasteiger partial charge >= 0.3 is 0 Å². The van der Waals surface area contributed by atoms with Crippen LogP contribution in [-0.2, 0) is 11.2 Å². The topological polar surface area (TPSA) is 69.2 Å². The number of para-hydroxylation sites is 2. The molecule has 128 valence electrons. The summed E-state index contributed by atoms with van der Waals surface area (Å²) in [5.41, 5.74) is 1.93. The molecule has 1 aliphatic heterocycles. The minimum atomic E-state index is -0.233. The quantitative estimate of drug-likeness (QED) is 0.910. The maximum Gasteiger partial charge on any atom is 0.223 e. The third-order valence-corrected chi connectivity index (χ3v) is 5.83. The van der Waals surface area contributed by atoms with E-state index in [4.69, 9.17) is 0 Å². The number of imidazole rings is 1. The van der Waals surface area contributed by atoms with E-state index in [0.717, 1.165) is 62.1 Å². The Morgan fingerprint density at radius 2 is 2.17 bits per heavy atom. The number of aliphatic hydroxyl groups excluding tert-OH is 1. The van der Waals surface area contributed by atoms with Gasteiger partial charge in [-0.2, -0.15) is 0 Å². The van der Waals surface area contributed by atoms with Gasteiger partial charge in [-0.05, 0) is 37.8 Å². The van der Waals surface area contributed by atoms with E-state index in [9.17, 15) is 9.90 Å². The monoisotopic (exact) mass is 327 g/mol. The highest BCUT2D eigenvalue weighted by Crippen LogP contribution is 2.45. The highest BCUT2D eigenvalue weighted by Gasteiger charge is 2.45. The fraction of sp³-hybridized carbons (Fsp3) is 0.579. The summed E-state index contributed by atoms with van der Waals surface area (Å²) in [5.74, 6) is 1.06. The summed E-state index contributed by atoms with van der Waals surface area (Å²) in [5, 5.41) is 10.3. The fourth-order valence-electron chi connectivity index (χ4n) is 4.48. The predicted octanol–water partition coefficient (Wildman–Crippen LogP) is 2.65. The maximum atomic E-state index is 12.6. The number of amides is 1. The lowest BCUT2D eigenvalue weighted by Gasteiger charge is -2.42. The van der Waals surface area contributed by atoms with Crippen molar-refractivity contribution in [1.29, 1.82) is 0 Å². The van der Waals surface area contributed by atoms with Crippen LogP contribution in [0.25, 0.3) is 11.0 Å². The molecule has 2 fully saturated rings. The molecule has 4 rings (SSSR count).